The summed E-state index contributed by atoms with van der Waals surface area (Å²) in [6.07, 6.45) is 9.76. The van der Waals surface area contributed by atoms with Crippen LogP contribution in [0, 0.1) is 11.3 Å². The van der Waals surface area contributed by atoms with Crippen LogP contribution in [0.25, 0.3) is 0 Å². The lowest BCUT2D eigenvalue weighted by atomic mass is 9.86. The Balaban J connectivity index is 0.000000165. The molecule has 2 saturated carbocycles. The first-order valence-electron chi connectivity index (χ1n) is 6.32. The van der Waals surface area contributed by atoms with Crippen molar-refractivity contribution in [1.29, 1.82) is 5.26 Å². The highest BCUT2D eigenvalue weighted by molar-refractivity contribution is 5.78. The van der Waals surface area contributed by atoms with Crippen molar-refractivity contribution in [3.8, 4) is 6.07 Å². The van der Waals surface area contributed by atoms with Gasteiger partial charge in [-0.3, -0.25) is 4.79 Å². The molecule has 0 aromatic carbocycles. The van der Waals surface area contributed by atoms with Gasteiger partial charge in [0.25, 0.3) is 0 Å². The third-order valence-corrected chi connectivity index (χ3v) is 3.30. The van der Waals surface area contributed by atoms with Gasteiger partial charge in [0.05, 0.1) is 6.07 Å². The highest BCUT2D eigenvalue weighted by Crippen LogP contribution is 2.26. The topological polar surface area (TPSA) is 61.1 Å². The summed E-state index contributed by atoms with van der Waals surface area (Å²) < 4.78 is 0. The van der Waals surface area contributed by atoms with E-state index in [0.29, 0.717) is 18.6 Å². The summed E-state index contributed by atoms with van der Waals surface area (Å²) in [6.45, 7) is 0. The molecule has 0 bridgehead atoms. The number of hydrogen-bond acceptors (Lipinski definition) is 3. The first-order chi connectivity index (χ1) is 7.66. The first-order valence-corrected chi connectivity index (χ1v) is 6.32. The van der Waals surface area contributed by atoms with Gasteiger partial charge >= 0.3 is 0 Å². The van der Waals surface area contributed by atoms with E-state index >= 15 is 0 Å². The summed E-state index contributed by atoms with van der Waals surface area (Å²) in [4.78, 5) is 10.5. The van der Waals surface area contributed by atoms with Crippen molar-refractivity contribution < 1.29 is 9.90 Å². The molecule has 2 rings (SSSR count). The highest BCUT2D eigenvalue weighted by atomic mass is 16.3. The molecule has 0 aromatic rings. The van der Waals surface area contributed by atoms with Crippen LogP contribution >= 0.6 is 0 Å². The number of nitriles is 1. The highest BCUT2D eigenvalue weighted by Gasteiger charge is 2.28. The molecule has 0 heterocycles. The summed E-state index contributed by atoms with van der Waals surface area (Å²) in [5.41, 5.74) is -0.974. The van der Waals surface area contributed by atoms with Crippen LogP contribution < -0.4 is 0 Å². The molecule has 0 unspecified atom stereocenters. The predicted molar refractivity (Wildman–Crippen MR) is 61.7 cm³/mol. The smallest absolute Gasteiger partial charge is 0.151 e. The zero-order valence-corrected chi connectivity index (χ0v) is 9.87. The summed E-state index contributed by atoms with van der Waals surface area (Å²) in [7, 11) is 0. The second kappa shape index (κ2) is 6.65. The van der Waals surface area contributed by atoms with Crippen LogP contribution in [-0.4, -0.2) is 16.5 Å². The lowest BCUT2D eigenvalue weighted by molar-refractivity contribution is -0.120. The average Bonchev–Trinajstić information content (AvgIpc) is 2.32. The molecule has 90 valence electrons. The van der Waals surface area contributed by atoms with Crippen LogP contribution in [0.15, 0.2) is 0 Å². The molecule has 3 heteroatoms. The lowest BCUT2D eigenvalue weighted by Gasteiger charge is -2.24. The first kappa shape index (κ1) is 13.2. The number of nitrogens with zero attached hydrogens (tertiary/aromatic N) is 1. The largest absolute Gasteiger partial charge is 0.375 e. The maximum absolute atomic E-state index is 10.5. The van der Waals surface area contributed by atoms with E-state index in [9.17, 15) is 9.90 Å². The maximum atomic E-state index is 10.5. The third-order valence-electron chi connectivity index (χ3n) is 3.30. The van der Waals surface area contributed by atoms with Crippen LogP contribution in [-0.2, 0) is 4.79 Å². The van der Waals surface area contributed by atoms with Gasteiger partial charge in [0.15, 0.2) is 5.60 Å². The summed E-state index contributed by atoms with van der Waals surface area (Å²) in [5.74, 6) is 0.464. The number of carbonyl (C=O) groups is 1. The van der Waals surface area contributed by atoms with E-state index in [0.717, 1.165) is 38.5 Å². The van der Waals surface area contributed by atoms with Gasteiger partial charge in [0, 0.05) is 12.8 Å². The molecule has 0 amide bonds. The SMILES string of the molecule is N#CC1(O)CCCCC1.O=C1CCCCC1. The fraction of sp³-hybridized carbons (Fsp3) is 0.846. The quantitative estimate of drug-likeness (QED) is 0.642. The number of Topliss-reactive ketones (excluding diaryl/α,β-unsaturated/α-hetero) is 1. The molecular weight excluding hydrogens is 202 g/mol. The summed E-state index contributed by atoms with van der Waals surface area (Å²) in [5, 5.41) is 17.8. The molecule has 0 radical (unpaired) electrons. The Hall–Kier alpha value is -0.880. The zero-order valence-electron chi connectivity index (χ0n) is 9.87. The minimum absolute atomic E-state index is 0.464. The number of ketones is 1. The Kier molecular flexibility index (Phi) is 5.48. The van der Waals surface area contributed by atoms with E-state index in [2.05, 4.69) is 0 Å². The van der Waals surface area contributed by atoms with E-state index in [1.165, 1.54) is 12.8 Å². The standard InChI is InChI=1S/C7H11NO.C6H10O/c8-6-7(9)4-2-1-3-5-7;7-6-4-2-1-3-5-6/h9H,1-5H2;1-5H2. The average molecular weight is 223 g/mol. The van der Waals surface area contributed by atoms with Crippen LogP contribution in [0.2, 0.25) is 0 Å². The van der Waals surface area contributed by atoms with E-state index < -0.39 is 5.60 Å². The van der Waals surface area contributed by atoms with E-state index in [1.807, 2.05) is 6.07 Å². The fourth-order valence-corrected chi connectivity index (χ4v) is 2.19. The monoisotopic (exact) mass is 223 g/mol. The van der Waals surface area contributed by atoms with Crippen molar-refractivity contribution in [2.45, 2.75) is 69.8 Å². The molecule has 3 nitrogen and oxygen atoms in total. The zero-order chi connectivity index (χ0) is 11.9. The Morgan fingerprint density at radius 2 is 1.50 bits per heavy atom. The van der Waals surface area contributed by atoms with Crippen molar-refractivity contribution in [2.24, 2.45) is 0 Å². The van der Waals surface area contributed by atoms with Gasteiger partial charge < -0.3 is 5.11 Å². The molecule has 0 aliphatic heterocycles. The predicted octanol–water partition coefficient (Wildman–Crippen LogP) is 2.72. The number of rotatable bonds is 0. The third kappa shape index (κ3) is 4.76. The minimum Gasteiger partial charge on any atom is -0.375 e. The second-order valence-electron chi connectivity index (χ2n) is 4.80. The Bertz CT molecular complexity index is 254. The minimum atomic E-state index is -0.974. The lowest BCUT2D eigenvalue weighted by Crippen LogP contribution is -2.28. The van der Waals surface area contributed by atoms with Crippen molar-refractivity contribution in [3.63, 3.8) is 0 Å². The molecule has 0 spiro atoms. The van der Waals surface area contributed by atoms with Crippen LogP contribution in [0.5, 0.6) is 0 Å². The van der Waals surface area contributed by atoms with Crippen LogP contribution in [0.4, 0.5) is 0 Å². The maximum Gasteiger partial charge on any atom is 0.151 e. The Morgan fingerprint density at radius 1 is 1.00 bits per heavy atom. The molecule has 0 aromatic heterocycles. The van der Waals surface area contributed by atoms with E-state index in [4.69, 9.17) is 5.26 Å². The summed E-state index contributed by atoms with van der Waals surface area (Å²) in [6, 6.07) is 1.94. The number of carbonyl (C=O) groups excluding carboxylic acids is 1. The molecule has 2 aliphatic carbocycles. The number of aliphatic hydroxyl groups is 1. The van der Waals surface area contributed by atoms with Gasteiger partial charge in [-0.2, -0.15) is 5.26 Å². The van der Waals surface area contributed by atoms with Crippen LogP contribution in [0.3, 0.4) is 0 Å². The Labute approximate surface area is 97.5 Å². The van der Waals surface area contributed by atoms with Gasteiger partial charge in [-0.15, -0.1) is 0 Å². The molecule has 0 saturated heterocycles. The van der Waals surface area contributed by atoms with Crippen LogP contribution in [0.1, 0.15) is 64.2 Å². The van der Waals surface area contributed by atoms with E-state index in [1.54, 1.807) is 0 Å². The normalized spacial score (nSPS) is 23.9. The van der Waals surface area contributed by atoms with E-state index in [-0.39, 0.29) is 0 Å². The molecule has 2 fully saturated rings. The molecule has 16 heavy (non-hydrogen) atoms. The molecule has 0 atom stereocenters. The van der Waals surface area contributed by atoms with Crippen molar-refractivity contribution in [3.05, 3.63) is 0 Å². The second-order valence-corrected chi connectivity index (χ2v) is 4.80. The van der Waals surface area contributed by atoms with Crippen molar-refractivity contribution in [2.75, 3.05) is 0 Å². The van der Waals surface area contributed by atoms with Gasteiger partial charge in [0.1, 0.15) is 5.78 Å². The molecular formula is C13H21NO2. The van der Waals surface area contributed by atoms with Gasteiger partial charge in [0.2, 0.25) is 0 Å². The van der Waals surface area contributed by atoms with Gasteiger partial charge in [-0.25, -0.2) is 0 Å². The molecule has 1 N–H and O–H groups in total. The fourth-order valence-electron chi connectivity index (χ4n) is 2.19. The number of hydrogen-bond donors (Lipinski definition) is 1. The van der Waals surface area contributed by atoms with Gasteiger partial charge in [-0.05, 0) is 38.5 Å². The van der Waals surface area contributed by atoms with Gasteiger partial charge in [-0.1, -0.05) is 12.8 Å². The molecule has 2 aliphatic rings. The summed E-state index contributed by atoms with van der Waals surface area (Å²) >= 11 is 0. The Morgan fingerprint density at radius 3 is 1.81 bits per heavy atom. The van der Waals surface area contributed by atoms with Crippen molar-refractivity contribution >= 4 is 5.78 Å². The van der Waals surface area contributed by atoms with Crippen molar-refractivity contribution in [1.82, 2.24) is 0 Å².